The quantitative estimate of drug-likeness (QED) is 0.346. The highest BCUT2D eigenvalue weighted by Crippen LogP contribution is 2.32. The van der Waals surface area contributed by atoms with Crippen molar-refractivity contribution < 1.29 is 74.0 Å². The number of carboxylic acid groups (broad SMARTS) is 3. The van der Waals surface area contributed by atoms with Gasteiger partial charge in [0.25, 0.3) is 0 Å². The van der Waals surface area contributed by atoms with Gasteiger partial charge in [-0.15, -0.1) is 0 Å². The number of carbonyl (C=O) groups is 3. The van der Waals surface area contributed by atoms with Crippen molar-refractivity contribution in [2.24, 2.45) is 5.92 Å². The number of alkyl halides is 9. The molecule has 2 aromatic rings. The minimum absolute atomic E-state index is 0.343. The fourth-order valence-corrected chi connectivity index (χ4v) is 3.57. The van der Waals surface area contributed by atoms with Gasteiger partial charge in [0.1, 0.15) is 0 Å². The van der Waals surface area contributed by atoms with Crippen molar-refractivity contribution in [2.45, 2.75) is 62.9 Å². The summed E-state index contributed by atoms with van der Waals surface area (Å²) in [6.07, 6.45) is -2.48. The lowest BCUT2D eigenvalue weighted by atomic mass is 10.0. The van der Waals surface area contributed by atoms with E-state index in [4.69, 9.17) is 34.4 Å². The van der Waals surface area contributed by atoms with Gasteiger partial charge in [0, 0.05) is 50.5 Å². The number of rotatable bonds is 7. The van der Waals surface area contributed by atoms with Crippen LogP contribution in [0.4, 0.5) is 39.5 Å². The van der Waals surface area contributed by atoms with Crippen LogP contribution in [0.15, 0.2) is 49.1 Å². The van der Waals surface area contributed by atoms with Crippen molar-refractivity contribution >= 4 is 17.9 Å². The van der Waals surface area contributed by atoms with E-state index in [1.807, 2.05) is 30.9 Å². The molecule has 0 amide bonds. The standard InChI is InChI=1S/C20H25N3O.3C2HF3O2/c1-2-18(13-22-8-1)14-23-11-7-20(24-15-17-3-4-17)19(23)12-16-5-9-21-10-6-16;3*3-2(4,5)1(6)7/h1-2,5-6,8-10,13,17,19-20H,3-4,7,11-12,14-15H2;3*(H,6,7)/t19-,20-;;;/m1.../s1. The van der Waals surface area contributed by atoms with Gasteiger partial charge >= 0.3 is 36.4 Å². The highest BCUT2D eigenvalue weighted by atomic mass is 19.4. The molecule has 0 spiro atoms. The van der Waals surface area contributed by atoms with Crippen molar-refractivity contribution in [3.05, 3.63) is 60.2 Å². The second-order valence-electron chi connectivity index (χ2n) is 9.47. The number of carboxylic acids is 3. The van der Waals surface area contributed by atoms with Crippen LogP contribution in [0, 0.1) is 5.92 Å². The maximum Gasteiger partial charge on any atom is 0.490 e. The van der Waals surface area contributed by atoms with E-state index in [1.165, 1.54) is 24.0 Å². The van der Waals surface area contributed by atoms with E-state index in [0.717, 1.165) is 38.5 Å². The summed E-state index contributed by atoms with van der Waals surface area (Å²) in [6.45, 7) is 2.99. The van der Waals surface area contributed by atoms with Crippen LogP contribution in [0.25, 0.3) is 0 Å². The summed E-state index contributed by atoms with van der Waals surface area (Å²) in [5, 5.41) is 21.4. The van der Waals surface area contributed by atoms with Gasteiger partial charge < -0.3 is 20.1 Å². The maximum atomic E-state index is 10.6. The molecule has 2 fully saturated rings. The Morgan fingerprint density at radius 2 is 1.24 bits per heavy atom. The summed E-state index contributed by atoms with van der Waals surface area (Å²) < 4.78 is 102. The largest absolute Gasteiger partial charge is 0.490 e. The number of aromatic nitrogens is 2. The molecule has 0 radical (unpaired) electrons. The van der Waals surface area contributed by atoms with Crippen LogP contribution in [-0.2, 0) is 32.1 Å². The summed E-state index contributed by atoms with van der Waals surface area (Å²) in [6, 6.07) is 8.86. The van der Waals surface area contributed by atoms with Gasteiger partial charge in [0.2, 0.25) is 0 Å². The normalized spacial score (nSPS) is 18.2. The number of likely N-dealkylation sites (tertiary alicyclic amines) is 1. The molecule has 0 bridgehead atoms. The summed E-state index contributed by atoms with van der Waals surface area (Å²) in [5.41, 5.74) is 2.62. The van der Waals surface area contributed by atoms with E-state index in [0.29, 0.717) is 12.1 Å². The number of pyridine rings is 2. The van der Waals surface area contributed by atoms with Crippen molar-refractivity contribution in [3.8, 4) is 0 Å². The second kappa shape index (κ2) is 17.5. The van der Waals surface area contributed by atoms with Gasteiger partial charge in [-0.1, -0.05) is 6.07 Å². The Labute approximate surface area is 249 Å². The Hall–Kier alpha value is -4.00. The highest BCUT2D eigenvalue weighted by molar-refractivity contribution is 5.73. The molecule has 1 aliphatic heterocycles. The molecule has 2 atom stereocenters. The zero-order chi connectivity index (χ0) is 34.4. The fraction of sp³-hybridized carbons (Fsp3) is 0.500. The molecule has 0 aromatic carbocycles. The van der Waals surface area contributed by atoms with E-state index in [-0.39, 0.29) is 0 Å². The van der Waals surface area contributed by atoms with Crippen molar-refractivity contribution in [1.29, 1.82) is 0 Å². The second-order valence-corrected chi connectivity index (χ2v) is 9.47. The predicted octanol–water partition coefficient (Wildman–Crippen LogP) is 4.99. The Morgan fingerprint density at radius 3 is 1.64 bits per heavy atom. The number of nitrogens with zero attached hydrogens (tertiary/aromatic N) is 3. The average Bonchev–Trinajstić information content (AvgIpc) is 3.70. The number of halogens is 9. The smallest absolute Gasteiger partial charge is 0.475 e. The molecule has 3 N–H and O–H groups in total. The van der Waals surface area contributed by atoms with Gasteiger partial charge in [0.15, 0.2) is 0 Å². The molecule has 2 aliphatic rings. The molecule has 252 valence electrons. The van der Waals surface area contributed by atoms with Crippen LogP contribution in [-0.4, -0.2) is 91.9 Å². The van der Waals surface area contributed by atoms with Gasteiger partial charge in [-0.25, -0.2) is 14.4 Å². The molecular weight excluding hydrogens is 637 g/mol. The fourth-order valence-electron chi connectivity index (χ4n) is 3.57. The van der Waals surface area contributed by atoms with Crippen molar-refractivity contribution in [3.63, 3.8) is 0 Å². The van der Waals surface area contributed by atoms with E-state index >= 15 is 0 Å². The molecule has 1 saturated carbocycles. The Morgan fingerprint density at radius 1 is 0.756 bits per heavy atom. The van der Waals surface area contributed by atoms with E-state index < -0.39 is 36.4 Å². The minimum atomic E-state index is -5.08. The molecule has 1 aliphatic carbocycles. The van der Waals surface area contributed by atoms with Crippen LogP contribution < -0.4 is 0 Å². The molecule has 4 rings (SSSR count). The first-order valence-corrected chi connectivity index (χ1v) is 12.8. The zero-order valence-corrected chi connectivity index (χ0v) is 23.0. The molecule has 2 aromatic heterocycles. The molecule has 0 unspecified atom stereocenters. The molecule has 1 saturated heterocycles. The zero-order valence-electron chi connectivity index (χ0n) is 23.0. The first-order valence-electron chi connectivity index (χ1n) is 12.8. The SMILES string of the molecule is O=C(O)C(F)(F)F.O=C(O)C(F)(F)F.O=C(O)C(F)(F)F.c1cncc(CN2CC[C@@H](OCC3CC3)[C@H]2Cc2ccncc2)c1. The van der Waals surface area contributed by atoms with Crippen molar-refractivity contribution in [1.82, 2.24) is 14.9 Å². The van der Waals surface area contributed by atoms with E-state index in [2.05, 4.69) is 33.1 Å². The Kier molecular flexibility index (Phi) is 15.2. The lowest BCUT2D eigenvalue weighted by molar-refractivity contribution is -0.193. The Bertz CT molecular complexity index is 1140. The summed E-state index contributed by atoms with van der Waals surface area (Å²) in [7, 11) is 0. The first-order chi connectivity index (χ1) is 20.7. The third-order valence-electron chi connectivity index (χ3n) is 5.87. The summed E-state index contributed by atoms with van der Waals surface area (Å²) in [5.74, 6) is -7.45. The monoisotopic (exact) mass is 665 g/mol. The van der Waals surface area contributed by atoms with Crippen LogP contribution in [0.2, 0.25) is 0 Å². The molecular formula is C26H28F9N3O7. The van der Waals surface area contributed by atoms with Gasteiger partial charge in [0.05, 0.1) is 6.10 Å². The van der Waals surface area contributed by atoms with Gasteiger partial charge in [-0.05, 0) is 60.9 Å². The Balaban J connectivity index is 0.000000396. The van der Waals surface area contributed by atoms with E-state index in [1.54, 1.807) is 0 Å². The van der Waals surface area contributed by atoms with Crippen molar-refractivity contribution in [2.75, 3.05) is 13.2 Å². The molecule has 19 heteroatoms. The third-order valence-corrected chi connectivity index (χ3v) is 5.87. The topological polar surface area (TPSA) is 150 Å². The molecule has 3 heterocycles. The van der Waals surface area contributed by atoms with E-state index in [9.17, 15) is 39.5 Å². The molecule has 10 nitrogen and oxygen atoms in total. The third kappa shape index (κ3) is 16.6. The number of hydrogen-bond donors (Lipinski definition) is 3. The predicted molar refractivity (Wildman–Crippen MR) is 135 cm³/mol. The van der Waals surface area contributed by atoms with Crippen LogP contribution in [0.3, 0.4) is 0 Å². The lowest BCUT2D eigenvalue weighted by Crippen LogP contribution is -2.38. The average molecular weight is 666 g/mol. The van der Waals surface area contributed by atoms with Gasteiger partial charge in [-0.3, -0.25) is 14.9 Å². The number of ether oxygens (including phenoxy) is 1. The van der Waals surface area contributed by atoms with Crippen LogP contribution in [0.5, 0.6) is 0 Å². The maximum absolute atomic E-state index is 10.6. The number of aliphatic carboxylic acids is 3. The first kappa shape index (κ1) is 39.0. The van der Waals surface area contributed by atoms with Crippen LogP contribution in [0.1, 0.15) is 30.4 Å². The van der Waals surface area contributed by atoms with Crippen LogP contribution >= 0.6 is 0 Å². The highest BCUT2D eigenvalue weighted by Gasteiger charge is 2.40. The number of hydrogen-bond acceptors (Lipinski definition) is 7. The molecule has 45 heavy (non-hydrogen) atoms. The lowest BCUT2D eigenvalue weighted by Gasteiger charge is -2.28. The summed E-state index contributed by atoms with van der Waals surface area (Å²) in [4.78, 5) is 37.6. The minimum Gasteiger partial charge on any atom is -0.475 e. The summed E-state index contributed by atoms with van der Waals surface area (Å²) >= 11 is 0. The van der Waals surface area contributed by atoms with Gasteiger partial charge in [-0.2, -0.15) is 39.5 Å².